The highest BCUT2D eigenvalue weighted by atomic mass is 19.1. The van der Waals surface area contributed by atoms with Gasteiger partial charge in [0.1, 0.15) is 5.82 Å². The number of furan rings is 1. The van der Waals surface area contributed by atoms with Crippen molar-refractivity contribution in [2.24, 2.45) is 0 Å². The van der Waals surface area contributed by atoms with E-state index in [4.69, 9.17) is 10.2 Å². The molecule has 0 spiro atoms. The van der Waals surface area contributed by atoms with Crippen LogP contribution in [-0.4, -0.2) is 92.8 Å². The summed E-state index contributed by atoms with van der Waals surface area (Å²) in [6, 6.07) is 8.22. The molecule has 6 rings (SSSR count). The monoisotopic (exact) mass is 547 g/mol. The van der Waals surface area contributed by atoms with Gasteiger partial charge in [-0.2, -0.15) is 9.50 Å². The third kappa shape index (κ3) is 4.94. The van der Waals surface area contributed by atoms with E-state index in [1.54, 1.807) is 36.9 Å². The van der Waals surface area contributed by atoms with Gasteiger partial charge in [0.25, 0.3) is 5.91 Å². The normalized spacial score (nSPS) is 14.4. The first-order valence-corrected chi connectivity index (χ1v) is 13.1. The number of hydrogen-bond donors (Lipinski definition) is 3. The van der Waals surface area contributed by atoms with Crippen molar-refractivity contribution >= 4 is 34.4 Å². The minimum Gasteiger partial charge on any atom is -0.461 e. The molecule has 0 aliphatic carbocycles. The summed E-state index contributed by atoms with van der Waals surface area (Å²) in [6.07, 6.45) is 3.30. The number of carbonyl (C=O) groups excluding carboxylic acids is 1. The second-order valence-electron chi connectivity index (χ2n) is 9.58. The van der Waals surface area contributed by atoms with Gasteiger partial charge in [-0.25, -0.2) is 14.4 Å². The highest BCUT2D eigenvalue weighted by Gasteiger charge is 2.22. The molecular weight excluding hydrogens is 517 g/mol. The van der Waals surface area contributed by atoms with E-state index in [-0.39, 0.29) is 11.9 Å². The topological polar surface area (TPSA) is 148 Å². The van der Waals surface area contributed by atoms with Crippen LogP contribution in [0.1, 0.15) is 10.4 Å². The molecule has 1 aromatic carbocycles. The first-order chi connectivity index (χ1) is 19.5. The Morgan fingerprint density at radius 3 is 2.70 bits per heavy atom. The molecule has 4 aromatic heterocycles. The number of rotatable bonds is 9. The van der Waals surface area contributed by atoms with Crippen molar-refractivity contribution in [3.8, 4) is 11.6 Å². The quantitative estimate of drug-likeness (QED) is 0.230. The van der Waals surface area contributed by atoms with Crippen molar-refractivity contribution < 1.29 is 13.6 Å². The number of aromatic nitrogens is 6. The number of nitrogens with zero attached hydrogens (tertiary/aromatic N) is 8. The summed E-state index contributed by atoms with van der Waals surface area (Å²) in [5.41, 5.74) is 8.79. The maximum atomic E-state index is 14.9. The second kappa shape index (κ2) is 10.9. The molecule has 14 heteroatoms. The van der Waals surface area contributed by atoms with Gasteiger partial charge in [0.05, 0.1) is 18.3 Å². The van der Waals surface area contributed by atoms with Gasteiger partial charge in [-0.15, -0.1) is 5.10 Å². The number of fused-ring (bicyclic) bond motifs is 3. The van der Waals surface area contributed by atoms with Crippen molar-refractivity contribution in [3.05, 3.63) is 54.3 Å². The predicted molar refractivity (Wildman–Crippen MR) is 148 cm³/mol. The van der Waals surface area contributed by atoms with Gasteiger partial charge in [0.2, 0.25) is 11.8 Å². The molecule has 40 heavy (non-hydrogen) atoms. The van der Waals surface area contributed by atoms with E-state index in [0.717, 1.165) is 19.6 Å². The Morgan fingerprint density at radius 2 is 1.95 bits per heavy atom. The molecule has 0 saturated carbocycles. The minimum atomic E-state index is -0.390. The number of benzene rings is 1. The molecule has 1 aliphatic rings. The summed E-state index contributed by atoms with van der Waals surface area (Å²) in [5.74, 6) is 0.495. The molecule has 0 bridgehead atoms. The van der Waals surface area contributed by atoms with Crippen LogP contribution in [0.25, 0.3) is 28.4 Å². The number of nitrogens with one attached hydrogen (secondary N) is 2. The van der Waals surface area contributed by atoms with Crippen LogP contribution in [0, 0.1) is 5.82 Å². The lowest BCUT2D eigenvalue weighted by molar-refractivity contribution is 0.0953. The van der Waals surface area contributed by atoms with Crippen LogP contribution in [0.3, 0.4) is 0 Å². The number of piperazine rings is 1. The summed E-state index contributed by atoms with van der Waals surface area (Å²) in [4.78, 5) is 30.2. The second-order valence-corrected chi connectivity index (χ2v) is 9.58. The number of carbonyl (C=O) groups is 1. The molecule has 1 amide bonds. The SMILES string of the molecule is CNCCNC(=O)c1ccc(N2CCN(CCn3cnc4c3nc(N)n3nc(-c5ccco5)nc43)CC2)c(F)c1. The standard InChI is InChI=1S/C26H30FN11O2/c1-29-6-7-30-25(39)17-4-5-19(18(27)15-17)36-11-8-35(9-12-36)10-13-37-16-31-21-23(37)33-26(28)38-24(21)32-22(34-38)20-3-2-14-40-20/h2-5,14-16,29H,6-13H2,1H3,(H2,28,33)(H,30,39). The molecule has 1 saturated heterocycles. The summed E-state index contributed by atoms with van der Waals surface area (Å²) >= 11 is 0. The highest BCUT2D eigenvalue weighted by molar-refractivity contribution is 5.94. The van der Waals surface area contributed by atoms with Gasteiger partial charge in [0.15, 0.2) is 22.6 Å². The Morgan fingerprint density at radius 1 is 1.10 bits per heavy atom. The third-order valence-electron chi connectivity index (χ3n) is 7.05. The van der Waals surface area contributed by atoms with Crippen molar-refractivity contribution in [3.63, 3.8) is 0 Å². The van der Waals surface area contributed by atoms with Crippen LogP contribution in [0.2, 0.25) is 0 Å². The molecule has 208 valence electrons. The molecule has 5 heterocycles. The largest absolute Gasteiger partial charge is 0.461 e. The highest BCUT2D eigenvalue weighted by Crippen LogP contribution is 2.24. The Kier molecular flexibility index (Phi) is 7.00. The first-order valence-electron chi connectivity index (χ1n) is 13.1. The third-order valence-corrected chi connectivity index (χ3v) is 7.05. The fraction of sp³-hybridized carbons (Fsp3) is 0.346. The number of amides is 1. The molecule has 0 unspecified atom stereocenters. The van der Waals surface area contributed by atoms with Crippen LogP contribution in [-0.2, 0) is 6.54 Å². The van der Waals surface area contributed by atoms with Crippen LogP contribution < -0.4 is 21.3 Å². The van der Waals surface area contributed by atoms with E-state index in [1.165, 1.54) is 10.6 Å². The van der Waals surface area contributed by atoms with E-state index in [0.29, 0.717) is 72.4 Å². The lowest BCUT2D eigenvalue weighted by Crippen LogP contribution is -2.47. The Labute approximate surface area is 228 Å². The zero-order valence-corrected chi connectivity index (χ0v) is 22.0. The van der Waals surface area contributed by atoms with Crippen LogP contribution in [0.5, 0.6) is 0 Å². The van der Waals surface area contributed by atoms with Crippen LogP contribution in [0.15, 0.2) is 47.3 Å². The number of halogens is 1. The van der Waals surface area contributed by atoms with Crippen LogP contribution in [0.4, 0.5) is 16.0 Å². The molecular formula is C26H30FN11O2. The Hall–Kier alpha value is -4.56. The first kappa shape index (κ1) is 25.7. The number of hydrogen-bond acceptors (Lipinski definition) is 10. The van der Waals surface area contributed by atoms with Gasteiger partial charge in [-0.1, -0.05) is 0 Å². The van der Waals surface area contributed by atoms with E-state index in [1.807, 2.05) is 16.5 Å². The van der Waals surface area contributed by atoms with Gasteiger partial charge < -0.3 is 30.3 Å². The zero-order chi connectivity index (χ0) is 27.6. The molecule has 0 atom stereocenters. The number of nitrogens with two attached hydrogens (primary N) is 1. The Bertz CT molecular complexity index is 1640. The summed E-state index contributed by atoms with van der Waals surface area (Å²) in [6.45, 7) is 5.46. The van der Waals surface area contributed by atoms with Crippen molar-refractivity contribution in [1.82, 2.24) is 44.7 Å². The van der Waals surface area contributed by atoms with Crippen LogP contribution >= 0.6 is 0 Å². The summed E-state index contributed by atoms with van der Waals surface area (Å²) in [7, 11) is 1.81. The zero-order valence-electron chi connectivity index (χ0n) is 22.0. The maximum Gasteiger partial charge on any atom is 0.251 e. The molecule has 1 aliphatic heterocycles. The molecule has 1 fully saturated rings. The number of anilines is 2. The maximum absolute atomic E-state index is 14.9. The van der Waals surface area contributed by atoms with E-state index < -0.39 is 5.82 Å². The van der Waals surface area contributed by atoms with E-state index >= 15 is 0 Å². The predicted octanol–water partition coefficient (Wildman–Crippen LogP) is 1.23. The van der Waals surface area contributed by atoms with Gasteiger partial charge in [0, 0.05) is 57.9 Å². The lowest BCUT2D eigenvalue weighted by Gasteiger charge is -2.36. The van der Waals surface area contributed by atoms with Gasteiger partial charge in [-0.05, 0) is 37.4 Å². The average molecular weight is 548 g/mol. The van der Waals surface area contributed by atoms with Crippen molar-refractivity contribution in [1.29, 1.82) is 0 Å². The smallest absolute Gasteiger partial charge is 0.251 e. The number of likely N-dealkylation sites (N-methyl/N-ethyl adjacent to an activating group) is 1. The number of imidazole rings is 1. The molecule has 4 N–H and O–H groups in total. The van der Waals surface area contributed by atoms with Crippen molar-refractivity contribution in [2.75, 3.05) is 63.5 Å². The fourth-order valence-electron chi connectivity index (χ4n) is 4.87. The molecule has 0 radical (unpaired) electrons. The average Bonchev–Trinajstić information content (AvgIpc) is 3.72. The summed E-state index contributed by atoms with van der Waals surface area (Å²) < 4.78 is 23.7. The van der Waals surface area contributed by atoms with E-state index in [9.17, 15) is 9.18 Å². The van der Waals surface area contributed by atoms with Crippen molar-refractivity contribution in [2.45, 2.75) is 6.54 Å². The van der Waals surface area contributed by atoms with Gasteiger partial charge in [-0.3, -0.25) is 9.69 Å². The summed E-state index contributed by atoms with van der Waals surface area (Å²) in [5, 5.41) is 10.1. The lowest BCUT2D eigenvalue weighted by atomic mass is 10.1. The molecule has 13 nitrogen and oxygen atoms in total. The molecule has 5 aromatic rings. The number of nitrogen functional groups attached to an aromatic ring is 1. The van der Waals surface area contributed by atoms with E-state index in [2.05, 4.69) is 35.6 Å². The minimum absolute atomic E-state index is 0.215. The Balaban J connectivity index is 1.08. The fourth-order valence-corrected chi connectivity index (χ4v) is 4.87. The van der Waals surface area contributed by atoms with Gasteiger partial charge >= 0.3 is 0 Å².